The Labute approximate surface area is 59.1 Å². The molecule has 0 fully saturated rings. The normalized spacial score (nSPS) is 28.2. The van der Waals surface area contributed by atoms with Gasteiger partial charge in [0.05, 0.1) is 0 Å². The van der Waals surface area contributed by atoms with Crippen LogP contribution in [0.4, 0.5) is 0 Å². The molecule has 1 aliphatic rings. The first kappa shape index (κ1) is 6.34. The topological polar surface area (TPSA) is 0 Å². The van der Waals surface area contributed by atoms with E-state index in [1.165, 1.54) is 12.8 Å². The third-order valence-electron chi connectivity index (χ3n) is 1.81. The Morgan fingerprint density at radius 3 is 2.88 bits per heavy atom. The maximum atomic E-state index is 3.48. The Hall–Kier alpha value is 0.220. The van der Waals surface area contributed by atoms with Gasteiger partial charge < -0.3 is 0 Å². The zero-order valence-corrected chi connectivity index (χ0v) is 6.74. The summed E-state index contributed by atoms with van der Waals surface area (Å²) in [6, 6.07) is 0. The standard InChI is InChI=1S/C7H11Br/c1-6-3-2-4-7(6)5-8/h3,7H,2,4-5H2,1H3. The van der Waals surface area contributed by atoms with Gasteiger partial charge in [-0.15, -0.1) is 0 Å². The van der Waals surface area contributed by atoms with Crippen LogP contribution in [0.15, 0.2) is 11.6 Å². The molecule has 0 N–H and O–H groups in total. The lowest BCUT2D eigenvalue weighted by atomic mass is 10.1. The molecule has 0 spiro atoms. The van der Waals surface area contributed by atoms with Crippen molar-refractivity contribution in [2.45, 2.75) is 19.8 Å². The molecule has 1 atom stereocenters. The summed E-state index contributed by atoms with van der Waals surface area (Å²) in [5.41, 5.74) is 1.57. The molecule has 1 heteroatoms. The molecule has 0 aromatic carbocycles. The summed E-state index contributed by atoms with van der Waals surface area (Å²) in [4.78, 5) is 0. The Balaban J connectivity index is 2.46. The molecular formula is C7H11Br. The summed E-state index contributed by atoms with van der Waals surface area (Å²) in [6.07, 6.45) is 4.99. The third-order valence-corrected chi connectivity index (χ3v) is 2.59. The molecule has 0 saturated carbocycles. The highest BCUT2D eigenvalue weighted by atomic mass is 79.9. The van der Waals surface area contributed by atoms with Crippen molar-refractivity contribution in [1.29, 1.82) is 0 Å². The van der Waals surface area contributed by atoms with E-state index in [1.807, 2.05) is 0 Å². The smallest absolute Gasteiger partial charge is 0.00969 e. The van der Waals surface area contributed by atoms with Crippen molar-refractivity contribution in [3.05, 3.63) is 11.6 Å². The van der Waals surface area contributed by atoms with E-state index in [2.05, 4.69) is 28.9 Å². The number of allylic oxidation sites excluding steroid dienone is 2. The lowest BCUT2D eigenvalue weighted by molar-refractivity contribution is 0.685. The van der Waals surface area contributed by atoms with Gasteiger partial charge in [-0.1, -0.05) is 27.6 Å². The van der Waals surface area contributed by atoms with Crippen molar-refractivity contribution in [1.82, 2.24) is 0 Å². The summed E-state index contributed by atoms with van der Waals surface area (Å²) >= 11 is 3.48. The predicted molar refractivity (Wildman–Crippen MR) is 40.3 cm³/mol. The molecule has 1 unspecified atom stereocenters. The van der Waals surface area contributed by atoms with E-state index in [0.29, 0.717) is 0 Å². The molecular weight excluding hydrogens is 164 g/mol. The molecule has 0 amide bonds. The molecule has 0 radical (unpaired) electrons. The van der Waals surface area contributed by atoms with Crippen LogP contribution < -0.4 is 0 Å². The van der Waals surface area contributed by atoms with Gasteiger partial charge in [0, 0.05) is 5.33 Å². The quantitative estimate of drug-likeness (QED) is 0.424. The first-order chi connectivity index (χ1) is 3.84. The molecule has 8 heavy (non-hydrogen) atoms. The van der Waals surface area contributed by atoms with E-state index in [4.69, 9.17) is 0 Å². The monoisotopic (exact) mass is 174 g/mol. The van der Waals surface area contributed by atoms with Crippen molar-refractivity contribution in [2.75, 3.05) is 5.33 Å². The van der Waals surface area contributed by atoms with Crippen LogP contribution in [0.5, 0.6) is 0 Å². The highest BCUT2D eigenvalue weighted by Crippen LogP contribution is 2.26. The van der Waals surface area contributed by atoms with Crippen molar-refractivity contribution in [2.24, 2.45) is 5.92 Å². The third kappa shape index (κ3) is 1.13. The summed E-state index contributed by atoms with van der Waals surface area (Å²) in [5, 5.41) is 1.15. The minimum absolute atomic E-state index is 0.843. The van der Waals surface area contributed by atoms with Gasteiger partial charge in [-0.25, -0.2) is 0 Å². The average molecular weight is 175 g/mol. The minimum Gasteiger partial charge on any atom is -0.0922 e. The summed E-state index contributed by atoms with van der Waals surface area (Å²) < 4.78 is 0. The number of hydrogen-bond donors (Lipinski definition) is 0. The fraction of sp³-hybridized carbons (Fsp3) is 0.714. The van der Waals surface area contributed by atoms with Crippen LogP contribution in [-0.2, 0) is 0 Å². The van der Waals surface area contributed by atoms with E-state index in [0.717, 1.165) is 11.2 Å². The Bertz CT molecular complexity index is 105. The fourth-order valence-corrected chi connectivity index (χ4v) is 1.94. The van der Waals surface area contributed by atoms with E-state index in [9.17, 15) is 0 Å². The minimum atomic E-state index is 0.843. The van der Waals surface area contributed by atoms with Crippen LogP contribution in [0.2, 0.25) is 0 Å². The average Bonchev–Trinajstić information content (AvgIpc) is 2.14. The Morgan fingerprint density at radius 2 is 2.62 bits per heavy atom. The van der Waals surface area contributed by atoms with Crippen LogP contribution in [-0.4, -0.2) is 5.33 Å². The van der Waals surface area contributed by atoms with Crippen LogP contribution in [0, 0.1) is 5.92 Å². The molecule has 0 aliphatic heterocycles. The van der Waals surface area contributed by atoms with E-state index in [1.54, 1.807) is 5.57 Å². The Kier molecular flexibility index (Phi) is 2.12. The lowest BCUT2D eigenvalue weighted by Gasteiger charge is -2.04. The number of rotatable bonds is 1. The van der Waals surface area contributed by atoms with Gasteiger partial charge in [0.2, 0.25) is 0 Å². The predicted octanol–water partition coefficient (Wildman–Crippen LogP) is 2.74. The fourth-order valence-electron chi connectivity index (χ4n) is 1.11. The maximum Gasteiger partial charge on any atom is 0.00969 e. The van der Waals surface area contributed by atoms with Gasteiger partial charge in [-0.2, -0.15) is 0 Å². The van der Waals surface area contributed by atoms with Gasteiger partial charge in [0.25, 0.3) is 0 Å². The summed E-state index contributed by atoms with van der Waals surface area (Å²) in [7, 11) is 0. The van der Waals surface area contributed by atoms with Crippen LogP contribution in [0.25, 0.3) is 0 Å². The number of hydrogen-bond acceptors (Lipinski definition) is 0. The molecule has 0 nitrogen and oxygen atoms in total. The second kappa shape index (κ2) is 2.67. The summed E-state index contributed by atoms with van der Waals surface area (Å²) in [5.74, 6) is 0.843. The van der Waals surface area contributed by atoms with Crippen molar-refractivity contribution < 1.29 is 0 Å². The zero-order valence-electron chi connectivity index (χ0n) is 5.15. The lowest BCUT2D eigenvalue weighted by Crippen LogP contribution is -1.96. The molecule has 0 heterocycles. The van der Waals surface area contributed by atoms with Gasteiger partial charge >= 0.3 is 0 Å². The van der Waals surface area contributed by atoms with Gasteiger partial charge in [-0.3, -0.25) is 0 Å². The highest BCUT2D eigenvalue weighted by Gasteiger charge is 2.12. The van der Waals surface area contributed by atoms with Crippen molar-refractivity contribution in [3.63, 3.8) is 0 Å². The van der Waals surface area contributed by atoms with E-state index < -0.39 is 0 Å². The molecule has 1 aliphatic carbocycles. The van der Waals surface area contributed by atoms with Crippen LogP contribution >= 0.6 is 15.9 Å². The SMILES string of the molecule is CC1=CCCC1CBr. The second-order valence-electron chi connectivity index (χ2n) is 2.38. The summed E-state index contributed by atoms with van der Waals surface area (Å²) in [6.45, 7) is 2.22. The van der Waals surface area contributed by atoms with E-state index in [-0.39, 0.29) is 0 Å². The molecule has 0 saturated heterocycles. The molecule has 0 aromatic heterocycles. The van der Waals surface area contributed by atoms with Crippen LogP contribution in [0.3, 0.4) is 0 Å². The number of alkyl halides is 1. The molecule has 0 bridgehead atoms. The first-order valence-electron chi connectivity index (χ1n) is 3.07. The molecule has 46 valence electrons. The molecule has 1 rings (SSSR count). The number of halogens is 1. The van der Waals surface area contributed by atoms with Gasteiger partial charge in [0.1, 0.15) is 0 Å². The van der Waals surface area contributed by atoms with Gasteiger partial charge in [-0.05, 0) is 25.7 Å². The van der Waals surface area contributed by atoms with Gasteiger partial charge in [0.15, 0.2) is 0 Å². The largest absolute Gasteiger partial charge is 0.0922 e. The zero-order chi connectivity index (χ0) is 5.98. The first-order valence-corrected chi connectivity index (χ1v) is 4.19. The van der Waals surface area contributed by atoms with Crippen LogP contribution in [0.1, 0.15) is 19.8 Å². The van der Waals surface area contributed by atoms with Crippen molar-refractivity contribution >= 4 is 15.9 Å². The Morgan fingerprint density at radius 1 is 1.88 bits per heavy atom. The maximum absolute atomic E-state index is 3.48. The van der Waals surface area contributed by atoms with E-state index >= 15 is 0 Å². The second-order valence-corrected chi connectivity index (χ2v) is 3.02. The van der Waals surface area contributed by atoms with Crippen molar-refractivity contribution in [3.8, 4) is 0 Å². The highest BCUT2D eigenvalue weighted by molar-refractivity contribution is 9.09. The molecule has 0 aromatic rings.